The molecule has 1 heterocycles. The van der Waals surface area contributed by atoms with Gasteiger partial charge in [-0.1, -0.05) is 68.7 Å². The molecule has 2 amide bonds. The van der Waals surface area contributed by atoms with Gasteiger partial charge in [-0.05, 0) is 68.1 Å². The van der Waals surface area contributed by atoms with Crippen LogP contribution in [0.2, 0.25) is 19.6 Å². The van der Waals surface area contributed by atoms with Gasteiger partial charge in [0, 0.05) is 0 Å². The third-order valence-electron chi connectivity index (χ3n) is 7.23. The monoisotopic (exact) mass is 523 g/mol. The number of hydrogen-bond donors (Lipinski definition) is 0. The van der Waals surface area contributed by atoms with Crippen LogP contribution in [-0.2, 0) is 20.4 Å². The number of cyclic esters (lactones) is 1. The first-order valence-corrected chi connectivity index (χ1v) is 17.1. The summed E-state index contributed by atoms with van der Waals surface area (Å²) in [5.74, 6) is 0.577. The minimum Gasteiger partial charge on any atom is -0.493 e. The Bertz CT molecular complexity index is 1050. The molecule has 2 aromatic rings. The highest BCUT2D eigenvalue weighted by Crippen LogP contribution is 2.34. The molecule has 3 atom stereocenters. The van der Waals surface area contributed by atoms with Crippen LogP contribution < -0.4 is 4.74 Å². The van der Waals surface area contributed by atoms with Crippen LogP contribution in [0.3, 0.4) is 0 Å². The lowest BCUT2D eigenvalue weighted by Crippen LogP contribution is -2.45. The van der Waals surface area contributed by atoms with Gasteiger partial charge in [0.15, 0.2) is 8.32 Å². The summed E-state index contributed by atoms with van der Waals surface area (Å²) in [6.07, 6.45) is 5.84. The van der Waals surface area contributed by atoms with Gasteiger partial charge in [-0.15, -0.1) is 0 Å². The van der Waals surface area contributed by atoms with Gasteiger partial charge in [0.25, 0.3) is 0 Å². The molecule has 1 saturated heterocycles. The predicted octanol–water partition coefficient (Wildman–Crippen LogP) is 6.76. The maximum Gasteiger partial charge on any atom is 0.416 e. The van der Waals surface area contributed by atoms with Crippen LogP contribution in [0.1, 0.15) is 56.3 Å². The van der Waals surface area contributed by atoms with Gasteiger partial charge < -0.3 is 13.9 Å². The van der Waals surface area contributed by atoms with E-state index in [0.29, 0.717) is 12.3 Å². The zero-order valence-corrected chi connectivity index (χ0v) is 23.7. The molecule has 0 spiro atoms. The Morgan fingerprint density at radius 3 is 2.49 bits per heavy atom. The summed E-state index contributed by atoms with van der Waals surface area (Å²) in [6, 6.07) is 17.5. The summed E-state index contributed by atoms with van der Waals surface area (Å²) in [4.78, 5) is 27.8. The van der Waals surface area contributed by atoms with Crippen molar-refractivity contribution in [1.29, 1.82) is 0 Å². The van der Waals surface area contributed by atoms with Crippen molar-refractivity contribution in [2.24, 2.45) is 11.8 Å². The summed E-state index contributed by atoms with van der Waals surface area (Å²) >= 11 is 0. The maximum absolute atomic E-state index is 13.8. The van der Waals surface area contributed by atoms with Crippen molar-refractivity contribution in [1.82, 2.24) is 4.90 Å². The number of amides is 2. The van der Waals surface area contributed by atoms with Crippen LogP contribution in [0.25, 0.3) is 0 Å². The van der Waals surface area contributed by atoms with Crippen LogP contribution in [-0.4, -0.2) is 44.5 Å². The fraction of sp³-hybridized carbons (Fsp3) is 0.533. The van der Waals surface area contributed by atoms with E-state index in [1.54, 1.807) is 0 Å². The number of benzene rings is 2. The highest BCUT2D eigenvalue weighted by atomic mass is 28.4. The average molecular weight is 524 g/mol. The Morgan fingerprint density at radius 1 is 1.05 bits per heavy atom. The second-order valence-corrected chi connectivity index (χ2v) is 15.9. The van der Waals surface area contributed by atoms with Gasteiger partial charge >= 0.3 is 6.09 Å². The van der Waals surface area contributed by atoms with Crippen molar-refractivity contribution in [2.75, 3.05) is 13.2 Å². The fourth-order valence-electron chi connectivity index (χ4n) is 5.30. The summed E-state index contributed by atoms with van der Waals surface area (Å²) in [5.41, 5.74) is 1.96. The number of ether oxygens (including phenoxy) is 2. The molecule has 37 heavy (non-hydrogen) atoms. The van der Waals surface area contributed by atoms with Crippen molar-refractivity contribution >= 4 is 20.3 Å². The van der Waals surface area contributed by atoms with Crippen LogP contribution in [0, 0.1) is 11.8 Å². The molecule has 2 fully saturated rings. The van der Waals surface area contributed by atoms with Gasteiger partial charge in [0.1, 0.15) is 12.4 Å². The number of carbonyl (C=O) groups is 2. The Morgan fingerprint density at radius 2 is 1.78 bits per heavy atom. The first-order chi connectivity index (χ1) is 17.7. The average Bonchev–Trinajstić information content (AvgIpc) is 3.25. The Kier molecular flexibility index (Phi) is 9.08. The molecule has 1 saturated carbocycles. The zero-order chi connectivity index (χ0) is 26.4. The van der Waals surface area contributed by atoms with E-state index in [1.165, 1.54) is 37.0 Å². The highest BCUT2D eigenvalue weighted by molar-refractivity contribution is 6.69. The number of imide groups is 1. The molecule has 0 N–H and O–H groups in total. The van der Waals surface area contributed by atoms with E-state index in [0.717, 1.165) is 23.5 Å². The number of rotatable bonds is 10. The lowest BCUT2D eigenvalue weighted by molar-refractivity contribution is -0.136. The molecule has 0 unspecified atom stereocenters. The van der Waals surface area contributed by atoms with Crippen LogP contribution >= 0.6 is 0 Å². The molecule has 1 aliphatic heterocycles. The van der Waals surface area contributed by atoms with Crippen LogP contribution in [0.4, 0.5) is 4.79 Å². The number of carbonyl (C=O) groups excluding carboxylic acids is 2. The first kappa shape index (κ1) is 27.4. The topological polar surface area (TPSA) is 65.1 Å². The SMILES string of the molecule is C[C@@H](C(=O)N1C(=O)OC[C@@H]1Cc1ccccc1)[C@H](O[Si](C)(C)C)c1cccc(OCC2CCCCC2)c1. The lowest BCUT2D eigenvalue weighted by atomic mass is 9.90. The van der Waals surface area contributed by atoms with Crippen LogP contribution in [0.5, 0.6) is 5.75 Å². The van der Waals surface area contributed by atoms with Gasteiger partial charge in [0.05, 0.1) is 24.7 Å². The fourth-order valence-corrected chi connectivity index (χ4v) is 6.41. The van der Waals surface area contributed by atoms with E-state index < -0.39 is 26.4 Å². The molecule has 4 rings (SSSR count). The Balaban J connectivity index is 1.52. The van der Waals surface area contributed by atoms with Crippen molar-refractivity contribution in [3.63, 3.8) is 0 Å². The van der Waals surface area contributed by atoms with E-state index in [1.807, 2.05) is 61.5 Å². The molecule has 2 aromatic carbocycles. The van der Waals surface area contributed by atoms with Gasteiger partial charge in [-0.2, -0.15) is 0 Å². The Hall–Kier alpha value is -2.64. The third-order valence-corrected chi connectivity index (χ3v) is 8.19. The summed E-state index contributed by atoms with van der Waals surface area (Å²) < 4.78 is 18.1. The van der Waals surface area contributed by atoms with Gasteiger partial charge in [-0.25, -0.2) is 9.69 Å². The molecule has 6 nitrogen and oxygen atoms in total. The zero-order valence-electron chi connectivity index (χ0n) is 22.7. The summed E-state index contributed by atoms with van der Waals surface area (Å²) in [7, 11) is -2.04. The normalized spacial score (nSPS) is 20.4. The predicted molar refractivity (Wildman–Crippen MR) is 147 cm³/mol. The molecule has 1 aliphatic carbocycles. The molecule has 0 radical (unpaired) electrons. The molecule has 7 heteroatoms. The minimum absolute atomic E-state index is 0.205. The second-order valence-electron chi connectivity index (χ2n) is 11.5. The van der Waals surface area contributed by atoms with E-state index in [9.17, 15) is 9.59 Å². The first-order valence-electron chi connectivity index (χ1n) is 13.7. The molecule has 0 aromatic heterocycles. The maximum atomic E-state index is 13.8. The second kappa shape index (κ2) is 12.3. The Labute approximate surface area is 222 Å². The lowest BCUT2D eigenvalue weighted by Gasteiger charge is -2.33. The molecule has 2 aliphatic rings. The van der Waals surface area contributed by atoms with Gasteiger partial charge in [-0.3, -0.25) is 4.79 Å². The van der Waals surface area contributed by atoms with E-state index in [4.69, 9.17) is 13.9 Å². The van der Waals surface area contributed by atoms with Crippen LogP contribution in [0.15, 0.2) is 54.6 Å². The van der Waals surface area contributed by atoms with Crippen molar-refractivity contribution < 1.29 is 23.5 Å². The van der Waals surface area contributed by atoms with E-state index >= 15 is 0 Å². The smallest absolute Gasteiger partial charge is 0.416 e. The molecular weight excluding hydrogens is 482 g/mol. The van der Waals surface area contributed by atoms with Crippen molar-refractivity contribution in [3.8, 4) is 5.75 Å². The van der Waals surface area contributed by atoms with Crippen molar-refractivity contribution in [2.45, 2.75) is 77.2 Å². The summed E-state index contributed by atoms with van der Waals surface area (Å²) in [6.45, 7) is 9.12. The summed E-state index contributed by atoms with van der Waals surface area (Å²) in [5, 5.41) is 0. The van der Waals surface area contributed by atoms with E-state index in [2.05, 4.69) is 19.6 Å². The van der Waals surface area contributed by atoms with Crippen molar-refractivity contribution in [3.05, 3.63) is 65.7 Å². The molecule has 200 valence electrons. The quantitative estimate of drug-likeness (QED) is 0.322. The third kappa shape index (κ3) is 7.45. The van der Waals surface area contributed by atoms with E-state index in [-0.39, 0.29) is 18.6 Å². The highest BCUT2D eigenvalue weighted by Gasteiger charge is 2.43. The molecular formula is C30H41NO5Si. The largest absolute Gasteiger partial charge is 0.493 e. The molecule has 0 bridgehead atoms. The number of nitrogens with zero attached hydrogens (tertiary/aromatic N) is 1. The van der Waals surface area contributed by atoms with Gasteiger partial charge in [0.2, 0.25) is 5.91 Å². The number of hydrogen-bond acceptors (Lipinski definition) is 5. The minimum atomic E-state index is -2.04. The standard InChI is InChI=1S/C30H41NO5Si/c1-22(29(32)31-26(21-35-30(31)33)18-23-12-7-5-8-13-23)28(36-37(2,3)4)25-16-11-17-27(19-25)34-20-24-14-9-6-10-15-24/h5,7-8,11-13,16-17,19,22,24,26,28H,6,9-10,14-15,18,20-21H2,1-4H3/t22-,26+,28+/m1/s1.